The maximum Gasteiger partial charge on any atom is 0.412 e. The highest BCUT2D eigenvalue weighted by Gasteiger charge is 2.17. The lowest BCUT2D eigenvalue weighted by Crippen LogP contribution is -2.27. The van der Waals surface area contributed by atoms with Gasteiger partial charge < -0.3 is 4.74 Å². The number of amides is 1. The molecule has 0 aliphatic rings. The average molecular weight is 243 g/mol. The fourth-order valence-corrected chi connectivity index (χ4v) is 1.20. The van der Waals surface area contributed by atoms with E-state index >= 15 is 0 Å². The monoisotopic (exact) mass is 242 g/mol. The first kappa shape index (κ1) is 12.8. The molecule has 16 heavy (non-hydrogen) atoms. The SMILES string of the molecule is Cc1c(Cl)cncc1NC(=O)OC(C)(C)C. The van der Waals surface area contributed by atoms with Crippen molar-refractivity contribution in [2.45, 2.75) is 33.3 Å². The molecule has 0 saturated carbocycles. The fraction of sp³-hybridized carbons (Fsp3) is 0.455. The van der Waals surface area contributed by atoms with Gasteiger partial charge in [-0.15, -0.1) is 0 Å². The summed E-state index contributed by atoms with van der Waals surface area (Å²) in [5.41, 5.74) is 0.800. The molecule has 1 aromatic heterocycles. The number of nitrogens with one attached hydrogen (secondary N) is 1. The van der Waals surface area contributed by atoms with E-state index in [2.05, 4.69) is 10.3 Å². The summed E-state index contributed by atoms with van der Waals surface area (Å²) in [6.07, 6.45) is 2.54. The third-order valence-electron chi connectivity index (χ3n) is 1.79. The van der Waals surface area contributed by atoms with Gasteiger partial charge in [-0.3, -0.25) is 10.3 Å². The highest BCUT2D eigenvalue weighted by molar-refractivity contribution is 6.31. The second kappa shape index (κ2) is 4.70. The third kappa shape index (κ3) is 3.70. The molecule has 0 aliphatic carbocycles. The van der Waals surface area contributed by atoms with Gasteiger partial charge in [0.1, 0.15) is 5.60 Å². The summed E-state index contributed by atoms with van der Waals surface area (Å²) < 4.78 is 5.12. The normalized spacial score (nSPS) is 11.1. The van der Waals surface area contributed by atoms with Gasteiger partial charge in [-0.2, -0.15) is 0 Å². The molecule has 0 aliphatic heterocycles. The van der Waals surface area contributed by atoms with Crippen molar-refractivity contribution < 1.29 is 9.53 Å². The number of anilines is 1. The van der Waals surface area contributed by atoms with Crippen LogP contribution in [0.5, 0.6) is 0 Å². The van der Waals surface area contributed by atoms with Gasteiger partial charge in [-0.25, -0.2) is 4.79 Å². The Morgan fingerprint density at radius 2 is 2.06 bits per heavy atom. The van der Waals surface area contributed by atoms with Gasteiger partial charge in [-0.1, -0.05) is 11.6 Å². The molecule has 0 spiro atoms. The largest absolute Gasteiger partial charge is 0.444 e. The van der Waals surface area contributed by atoms with Crippen molar-refractivity contribution in [1.82, 2.24) is 4.98 Å². The Morgan fingerprint density at radius 3 is 2.62 bits per heavy atom. The standard InChI is InChI=1S/C11H15ClN2O2/c1-7-8(12)5-13-6-9(7)14-10(15)16-11(2,3)4/h5-6H,1-4H3,(H,14,15). The molecule has 0 saturated heterocycles. The lowest BCUT2D eigenvalue weighted by atomic mass is 10.2. The molecule has 1 rings (SSSR count). The Labute approximate surface area is 100.0 Å². The van der Waals surface area contributed by atoms with Crippen molar-refractivity contribution in [3.8, 4) is 0 Å². The molecule has 1 amide bonds. The second-order valence-corrected chi connectivity index (χ2v) is 4.83. The Morgan fingerprint density at radius 1 is 1.44 bits per heavy atom. The van der Waals surface area contributed by atoms with Crippen molar-refractivity contribution in [3.63, 3.8) is 0 Å². The van der Waals surface area contributed by atoms with Gasteiger partial charge in [-0.05, 0) is 33.3 Å². The van der Waals surface area contributed by atoms with Crippen LogP contribution in [0.15, 0.2) is 12.4 Å². The zero-order valence-corrected chi connectivity index (χ0v) is 10.6. The molecular weight excluding hydrogens is 228 g/mol. The summed E-state index contributed by atoms with van der Waals surface area (Å²) in [6.45, 7) is 7.21. The minimum atomic E-state index is -0.524. The molecule has 0 fully saturated rings. The predicted octanol–water partition coefficient (Wildman–Crippen LogP) is 3.39. The first-order valence-electron chi connectivity index (χ1n) is 4.90. The summed E-state index contributed by atoms with van der Waals surface area (Å²) in [6, 6.07) is 0. The van der Waals surface area contributed by atoms with Crippen LogP contribution < -0.4 is 5.32 Å². The first-order chi connectivity index (χ1) is 7.29. The minimum Gasteiger partial charge on any atom is -0.444 e. The van der Waals surface area contributed by atoms with E-state index in [1.165, 1.54) is 12.4 Å². The van der Waals surface area contributed by atoms with Crippen LogP contribution in [0.25, 0.3) is 0 Å². The van der Waals surface area contributed by atoms with Crippen molar-refractivity contribution in [2.75, 3.05) is 5.32 Å². The minimum absolute atomic E-state index is 0.508. The van der Waals surface area contributed by atoms with Crippen molar-refractivity contribution in [1.29, 1.82) is 0 Å². The van der Waals surface area contributed by atoms with E-state index in [9.17, 15) is 4.79 Å². The first-order valence-corrected chi connectivity index (χ1v) is 5.27. The van der Waals surface area contributed by atoms with E-state index in [1.54, 1.807) is 27.7 Å². The molecule has 0 radical (unpaired) electrons. The molecule has 0 aromatic carbocycles. The Balaban J connectivity index is 2.74. The number of carbonyl (C=O) groups excluding carboxylic acids is 1. The lowest BCUT2D eigenvalue weighted by molar-refractivity contribution is 0.0636. The van der Waals surface area contributed by atoms with Crippen molar-refractivity contribution in [2.24, 2.45) is 0 Å². The molecular formula is C11H15ClN2O2. The summed E-state index contributed by atoms with van der Waals surface area (Å²) in [7, 11) is 0. The van der Waals surface area contributed by atoms with Gasteiger partial charge in [0.2, 0.25) is 0 Å². The number of nitrogens with zero attached hydrogens (tertiary/aromatic N) is 1. The van der Waals surface area contributed by atoms with E-state index in [4.69, 9.17) is 16.3 Å². The van der Waals surface area contributed by atoms with Crippen LogP contribution in [0.3, 0.4) is 0 Å². The van der Waals surface area contributed by atoms with Crippen molar-refractivity contribution >= 4 is 23.4 Å². The van der Waals surface area contributed by atoms with E-state index in [1.807, 2.05) is 0 Å². The number of aromatic nitrogens is 1. The van der Waals surface area contributed by atoms with E-state index in [0.717, 1.165) is 5.56 Å². The van der Waals surface area contributed by atoms with Gasteiger partial charge in [0, 0.05) is 6.20 Å². The van der Waals surface area contributed by atoms with Gasteiger partial charge in [0.15, 0.2) is 0 Å². The van der Waals surface area contributed by atoms with Gasteiger partial charge in [0.05, 0.1) is 16.9 Å². The van der Waals surface area contributed by atoms with Gasteiger partial charge >= 0.3 is 6.09 Å². The number of halogens is 1. The number of pyridine rings is 1. The smallest absolute Gasteiger partial charge is 0.412 e. The van der Waals surface area contributed by atoms with Crippen LogP contribution in [0.4, 0.5) is 10.5 Å². The second-order valence-electron chi connectivity index (χ2n) is 4.42. The highest BCUT2D eigenvalue weighted by Crippen LogP contribution is 2.21. The predicted molar refractivity (Wildman–Crippen MR) is 63.8 cm³/mol. The van der Waals surface area contributed by atoms with Crippen LogP contribution >= 0.6 is 11.6 Å². The number of rotatable bonds is 1. The molecule has 0 bridgehead atoms. The maximum atomic E-state index is 11.5. The third-order valence-corrected chi connectivity index (χ3v) is 2.17. The fourth-order valence-electron chi connectivity index (χ4n) is 1.04. The quantitative estimate of drug-likeness (QED) is 0.821. The molecule has 88 valence electrons. The van der Waals surface area contributed by atoms with Crippen LogP contribution in [0, 0.1) is 6.92 Å². The highest BCUT2D eigenvalue weighted by atomic mass is 35.5. The van der Waals surface area contributed by atoms with E-state index < -0.39 is 11.7 Å². The number of hydrogen-bond donors (Lipinski definition) is 1. The molecule has 1 heterocycles. The molecule has 5 heteroatoms. The summed E-state index contributed by atoms with van der Waals surface area (Å²) in [5.74, 6) is 0. The van der Waals surface area contributed by atoms with Crippen LogP contribution in [-0.4, -0.2) is 16.7 Å². The lowest BCUT2D eigenvalue weighted by Gasteiger charge is -2.20. The van der Waals surface area contributed by atoms with Crippen LogP contribution in [-0.2, 0) is 4.74 Å². The maximum absolute atomic E-state index is 11.5. The molecule has 4 nitrogen and oxygen atoms in total. The summed E-state index contributed by atoms with van der Waals surface area (Å²) >= 11 is 5.88. The topological polar surface area (TPSA) is 51.2 Å². The Hall–Kier alpha value is -1.29. The molecule has 1 aromatic rings. The van der Waals surface area contributed by atoms with E-state index in [0.29, 0.717) is 10.7 Å². The summed E-state index contributed by atoms with van der Waals surface area (Å²) in [5, 5.41) is 3.11. The average Bonchev–Trinajstić information content (AvgIpc) is 2.09. The number of carbonyl (C=O) groups is 1. The van der Waals surface area contributed by atoms with Crippen LogP contribution in [0.1, 0.15) is 26.3 Å². The van der Waals surface area contributed by atoms with E-state index in [-0.39, 0.29) is 0 Å². The molecule has 0 atom stereocenters. The zero-order valence-electron chi connectivity index (χ0n) is 9.80. The summed E-state index contributed by atoms with van der Waals surface area (Å²) in [4.78, 5) is 15.4. The molecule has 0 unspecified atom stereocenters. The Bertz CT molecular complexity index is 399. The number of ether oxygens (including phenoxy) is 1. The molecule has 1 N–H and O–H groups in total. The van der Waals surface area contributed by atoms with Crippen LogP contribution in [0.2, 0.25) is 5.02 Å². The zero-order chi connectivity index (χ0) is 12.3. The Kier molecular flexibility index (Phi) is 3.75. The van der Waals surface area contributed by atoms with Gasteiger partial charge in [0.25, 0.3) is 0 Å². The van der Waals surface area contributed by atoms with Crippen molar-refractivity contribution in [3.05, 3.63) is 23.0 Å². The number of hydrogen-bond acceptors (Lipinski definition) is 3.